The van der Waals surface area contributed by atoms with Gasteiger partial charge in [-0.15, -0.1) is 0 Å². The van der Waals surface area contributed by atoms with Gasteiger partial charge in [-0.3, -0.25) is 10.1 Å². The Hall–Kier alpha value is -2.39. The molecule has 1 aromatic heterocycles. The molecular formula is C12H10N4O4S. The molecule has 0 aliphatic carbocycles. The number of hydrogen-bond acceptors (Lipinski definition) is 6. The smallest absolute Gasteiger partial charge is 0.258 e. The van der Waals surface area contributed by atoms with E-state index in [0.29, 0.717) is 5.69 Å². The summed E-state index contributed by atoms with van der Waals surface area (Å²) in [6.07, 6.45) is 2.97. The highest BCUT2D eigenvalue weighted by Crippen LogP contribution is 2.27. The van der Waals surface area contributed by atoms with Crippen LogP contribution in [0.15, 0.2) is 41.7 Å². The van der Waals surface area contributed by atoms with E-state index in [0.717, 1.165) is 5.56 Å². The first-order valence-corrected chi connectivity index (χ1v) is 7.45. The minimum absolute atomic E-state index is 0.0221. The Morgan fingerprint density at radius 3 is 2.52 bits per heavy atom. The second-order valence-corrected chi connectivity index (χ2v) is 6.46. The van der Waals surface area contributed by atoms with Crippen LogP contribution >= 0.6 is 0 Å². The van der Waals surface area contributed by atoms with Crippen molar-refractivity contribution >= 4 is 15.7 Å². The summed E-state index contributed by atoms with van der Waals surface area (Å²) in [5, 5.41) is 10.6. The van der Waals surface area contributed by atoms with Gasteiger partial charge in [0.25, 0.3) is 5.69 Å². The number of fused-ring (bicyclic) bond motifs is 1. The molecule has 1 aromatic carbocycles. The maximum absolute atomic E-state index is 12.5. The van der Waals surface area contributed by atoms with Crippen molar-refractivity contribution in [3.8, 4) is 0 Å². The second kappa shape index (κ2) is 4.86. The van der Waals surface area contributed by atoms with Gasteiger partial charge in [-0.2, -0.15) is 4.31 Å². The molecule has 1 aliphatic rings. The van der Waals surface area contributed by atoms with Crippen molar-refractivity contribution in [3.63, 3.8) is 0 Å². The summed E-state index contributed by atoms with van der Waals surface area (Å²) in [7, 11) is -3.71. The van der Waals surface area contributed by atoms with Crippen LogP contribution in [0.1, 0.15) is 11.3 Å². The lowest BCUT2D eigenvalue weighted by Gasteiger charge is -2.15. The number of rotatable bonds is 3. The molecule has 3 rings (SSSR count). The molecule has 0 N–H and O–H groups in total. The Morgan fingerprint density at radius 2 is 1.90 bits per heavy atom. The Balaban J connectivity index is 1.90. The number of non-ortho nitro benzene ring substituents is 1. The topological polar surface area (TPSA) is 106 Å². The maximum Gasteiger partial charge on any atom is 0.269 e. The average Bonchev–Trinajstić information content (AvgIpc) is 2.92. The monoisotopic (exact) mass is 306 g/mol. The Bertz CT molecular complexity index is 779. The van der Waals surface area contributed by atoms with Gasteiger partial charge in [0.1, 0.15) is 6.33 Å². The van der Waals surface area contributed by atoms with E-state index in [9.17, 15) is 18.5 Å². The van der Waals surface area contributed by atoms with E-state index in [1.807, 2.05) is 0 Å². The molecule has 0 unspecified atom stereocenters. The maximum atomic E-state index is 12.5. The van der Waals surface area contributed by atoms with Gasteiger partial charge < -0.3 is 0 Å². The minimum atomic E-state index is -3.71. The van der Waals surface area contributed by atoms with E-state index in [1.54, 1.807) is 6.20 Å². The van der Waals surface area contributed by atoms with Gasteiger partial charge in [-0.1, -0.05) is 0 Å². The van der Waals surface area contributed by atoms with Crippen molar-refractivity contribution in [2.75, 3.05) is 0 Å². The van der Waals surface area contributed by atoms with Crippen molar-refractivity contribution in [1.82, 2.24) is 14.3 Å². The van der Waals surface area contributed by atoms with Crippen molar-refractivity contribution < 1.29 is 13.3 Å². The van der Waals surface area contributed by atoms with Gasteiger partial charge in [0.2, 0.25) is 10.0 Å². The number of nitrogens with zero attached hydrogens (tertiary/aromatic N) is 4. The minimum Gasteiger partial charge on any atom is -0.258 e. The lowest BCUT2D eigenvalue weighted by Crippen LogP contribution is -2.25. The summed E-state index contributed by atoms with van der Waals surface area (Å²) in [4.78, 5) is 18.0. The van der Waals surface area contributed by atoms with Crippen molar-refractivity contribution in [2.24, 2.45) is 0 Å². The van der Waals surface area contributed by atoms with Gasteiger partial charge in [-0.25, -0.2) is 18.4 Å². The van der Waals surface area contributed by atoms with E-state index in [2.05, 4.69) is 9.97 Å². The standard InChI is InChI=1S/C12H10N4O4S/c17-16(18)10-1-3-11(4-2-10)21(19,20)15-6-9-5-13-8-14-12(9)7-15/h1-5,8H,6-7H2. The number of aromatic nitrogens is 2. The summed E-state index contributed by atoms with van der Waals surface area (Å²) in [5.74, 6) is 0. The Labute approximate surface area is 120 Å². The molecule has 1 aliphatic heterocycles. The number of hydrogen-bond donors (Lipinski definition) is 0. The van der Waals surface area contributed by atoms with E-state index in [4.69, 9.17) is 0 Å². The average molecular weight is 306 g/mol. The van der Waals surface area contributed by atoms with Crippen LogP contribution in [0.25, 0.3) is 0 Å². The molecular weight excluding hydrogens is 296 g/mol. The Kier molecular flexibility index (Phi) is 3.15. The van der Waals surface area contributed by atoms with Crippen LogP contribution in [0.5, 0.6) is 0 Å². The molecule has 2 heterocycles. The molecule has 0 amide bonds. The molecule has 0 spiro atoms. The second-order valence-electron chi connectivity index (χ2n) is 4.52. The zero-order chi connectivity index (χ0) is 15.0. The van der Waals surface area contributed by atoms with Crippen LogP contribution in [-0.2, 0) is 23.1 Å². The number of nitro groups is 1. The fraction of sp³-hybridized carbons (Fsp3) is 0.167. The normalized spacial score (nSPS) is 14.9. The first-order chi connectivity index (χ1) is 9.98. The van der Waals surface area contributed by atoms with Gasteiger partial charge in [0.15, 0.2) is 0 Å². The van der Waals surface area contributed by atoms with Gasteiger partial charge in [0.05, 0.1) is 22.1 Å². The fourth-order valence-electron chi connectivity index (χ4n) is 2.13. The highest BCUT2D eigenvalue weighted by molar-refractivity contribution is 7.89. The first kappa shape index (κ1) is 13.6. The summed E-state index contributed by atoms with van der Waals surface area (Å²) in [5.41, 5.74) is 1.29. The summed E-state index contributed by atoms with van der Waals surface area (Å²) >= 11 is 0. The van der Waals surface area contributed by atoms with Crippen LogP contribution in [0.4, 0.5) is 5.69 Å². The van der Waals surface area contributed by atoms with Gasteiger partial charge in [-0.05, 0) is 12.1 Å². The zero-order valence-corrected chi connectivity index (χ0v) is 11.5. The van der Waals surface area contributed by atoms with Gasteiger partial charge in [0, 0.05) is 30.4 Å². The Morgan fingerprint density at radius 1 is 1.19 bits per heavy atom. The largest absolute Gasteiger partial charge is 0.269 e. The third-order valence-electron chi connectivity index (χ3n) is 3.24. The molecule has 0 fully saturated rings. The number of nitro benzene ring substituents is 1. The molecule has 0 saturated carbocycles. The molecule has 9 heteroatoms. The molecule has 0 saturated heterocycles. The third-order valence-corrected chi connectivity index (χ3v) is 5.05. The van der Waals surface area contributed by atoms with Crippen molar-refractivity contribution in [1.29, 1.82) is 0 Å². The summed E-state index contributed by atoms with van der Waals surface area (Å²) < 4.78 is 26.3. The van der Waals surface area contributed by atoms with Crippen molar-refractivity contribution in [3.05, 3.63) is 58.2 Å². The van der Waals surface area contributed by atoms with Crippen LogP contribution in [0, 0.1) is 10.1 Å². The van der Waals surface area contributed by atoms with Crippen molar-refractivity contribution in [2.45, 2.75) is 18.0 Å². The third kappa shape index (κ3) is 2.36. The van der Waals surface area contributed by atoms with Crippen LogP contribution in [0.2, 0.25) is 0 Å². The predicted octanol–water partition coefficient (Wildman–Crippen LogP) is 1.09. The first-order valence-electron chi connectivity index (χ1n) is 6.01. The fourth-order valence-corrected chi connectivity index (χ4v) is 3.51. The molecule has 0 atom stereocenters. The molecule has 0 radical (unpaired) electrons. The SMILES string of the molecule is O=[N+]([O-])c1ccc(S(=O)(=O)N2Cc3cncnc3C2)cc1. The van der Waals surface area contributed by atoms with E-state index in [1.165, 1.54) is 34.9 Å². The van der Waals surface area contributed by atoms with Crippen LogP contribution in [0.3, 0.4) is 0 Å². The zero-order valence-electron chi connectivity index (χ0n) is 10.7. The highest BCUT2D eigenvalue weighted by Gasteiger charge is 2.31. The predicted molar refractivity (Wildman–Crippen MR) is 71.6 cm³/mol. The molecule has 8 nitrogen and oxygen atoms in total. The van der Waals surface area contributed by atoms with Crippen LogP contribution in [-0.4, -0.2) is 27.6 Å². The number of sulfonamides is 1. The molecule has 21 heavy (non-hydrogen) atoms. The van der Waals surface area contributed by atoms with E-state index < -0.39 is 14.9 Å². The molecule has 2 aromatic rings. The van der Waals surface area contributed by atoms with E-state index >= 15 is 0 Å². The molecule has 108 valence electrons. The van der Waals surface area contributed by atoms with Crippen LogP contribution < -0.4 is 0 Å². The molecule has 0 bridgehead atoms. The lowest BCUT2D eigenvalue weighted by atomic mass is 10.3. The van der Waals surface area contributed by atoms with Gasteiger partial charge >= 0.3 is 0 Å². The summed E-state index contributed by atoms with van der Waals surface area (Å²) in [6.45, 7) is 0.382. The lowest BCUT2D eigenvalue weighted by molar-refractivity contribution is -0.384. The summed E-state index contributed by atoms with van der Waals surface area (Å²) in [6, 6.07) is 4.83. The quantitative estimate of drug-likeness (QED) is 0.620. The van der Waals surface area contributed by atoms with E-state index in [-0.39, 0.29) is 23.7 Å². The highest BCUT2D eigenvalue weighted by atomic mass is 32.2. The number of benzene rings is 1.